The molecule has 0 aromatic heterocycles. The van der Waals surface area contributed by atoms with E-state index in [0.717, 1.165) is 12.2 Å². The highest BCUT2D eigenvalue weighted by atomic mass is 16.5. The highest BCUT2D eigenvalue weighted by Gasteiger charge is 2.19. The molecule has 2 aromatic carbocycles. The molecule has 2 aromatic rings. The van der Waals surface area contributed by atoms with Crippen LogP contribution in [0.25, 0.3) is 0 Å². The van der Waals surface area contributed by atoms with Gasteiger partial charge in [0.1, 0.15) is 24.2 Å². The van der Waals surface area contributed by atoms with Gasteiger partial charge >= 0.3 is 0 Å². The van der Waals surface area contributed by atoms with Gasteiger partial charge in [0.25, 0.3) is 0 Å². The van der Waals surface area contributed by atoms with Crippen LogP contribution in [0, 0.1) is 0 Å². The summed E-state index contributed by atoms with van der Waals surface area (Å²) in [6.07, 6.45) is 0.135. The topological polar surface area (TPSA) is 79.8 Å². The number of methoxy groups -OCH3 is 1. The number of aliphatic hydroxyl groups is 1. The van der Waals surface area contributed by atoms with Crippen LogP contribution in [0.3, 0.4) is 0 Å². The SMILES string of the molecule is COc1ccc(CC(C)(C)NCC(O)COc2ccccc2NC(C)=O)cc1. The first-order valence-electron chi connectivity index (χ1n) is 9.34. The number of rotatable bonds is 10. The fraction of sp³-hybridized carbons (Fsp3) is 0.409. The molecule has 0 fully saturated rings. The lowest BCUT2D eigenvalue weighted by atomic mass is 9.94. The van der Waals surface area contributed by atoms with Crippen LogP contribution in [-0.2, 0) is 11.2 Å². The number of hydrogen-bond acceptors (Lipinski definition) is 5. The van der Waals surface area contributed by atoms with Gasteiger partial charge in [-0.3, -0.25) is 4.79 Å². The van der Waals surface area contributed by atoms with Gasteiger partial charge in [0.15, 0.2) is 0 Å². The van der Waals surface area contributed by atoms with E-state index in [-0.39, 0.29) is 18.1 Å². The van der Waals surface area contributed by atoms with Gasteiger partial charge in [0.2, 0.25) is 5.91 Å². The minimum absolute atomic E-state index is 0.127. The number of anilines is 1. The van der Waals surface area contributed by atoms with Gasteiger partial charge in [-0.25, -0.2) is 0 Å². The molecule has 0 bridgehead atoms. The largest absolute Gasteiger partial charge is 0.497 e. The number of β-amino-alcohol motifs (C(OH)–C–C–N with tert-alkyl or cyclic N) is 1. The third-order valence-corrected chi connectivity index (χ3v) is 4.25. The average molecular weight is 386 g/mol. The molecule has 152 valence electrons. The summed E-state index contributed by atoms with van der Waals surface area (Å²) in [5, 5.41) is 16.4. The highest BCUT2D eigenvalue weighted by molar-refractivity contribution is 5.90. The molecule has 2 rings (SSSR count). The summed E-state index contributed by atoms with van der Waals surface area (Å²) in [5.41, 5.74) is 1.59. The quantitative estimate of drug-likeness (QED) is 0.585. The number of benzene rings is 2. The van der Waals surface area contributed by atoms with Crippen LogP contribution in [0.15, 0.2) is 48.5 Å². The maximum atomic E-state index is 11.3. The number of carbonyl (C=O) groups is 1. The zero-order chi connectivity index (χ0) is 20.6. The van der Waals surface area contributed by atoms with Gasteiger partial charge in [-0.2, -0.15) is 0 Å². The molecule has 0 saturated carbocycles. The van der Waals surface area contributed by atoms with Crippen LogP contribution >= 0.6 is 0 Å². The molecule has 3 N–H and O–H groups in total. The van der Waals surface area contributed by atoms with Gasteiger partial charge in [0.05, 0.1) is 12.8 Å². The van der Waals surface area contributed by atoms with Crippen molar-refractivity contribution in [2.75, 3.05) is 25.6 Å². The number of carbonyl (C=O) groups excluding carboxylic acids is 1. The zero-order valence-electron chi connectivity index (χ0n) is 17.0. The van der Waals surface area contributed by atoms with Crippen molar-refractivity contribution in [1.82, 2.24) is 5.32 Å². The fourth-order valence-corrected chi connectivity index (χ4v) is 2.84. The Balaban J connectivity index is 1.82. The Labute approximate surface area is 166 Å². The van der Waals surface area contributed by atoms with Crippen molar-refractivity contribution in [2.45, 2.75) is 38.8 Å². The third kappa shape index (κ3) is 7.21. The van der Waals surface area contributed by atoms with Gasteiger partial charge in [0, 0.05) is 19.0 Å². The molecule has 6 heteroatoms. The average Bonchev–Trinajstić information content (AvgIpc) is 2.65. The number of aliphatic hydroxyl groups excluding tert-OH is 1. The second-order valence-corrected chi connectivity index (χ2v) is 7.43. The molecule has 0 saturated heterocycles. The van der Waals surface area contributed by atoms with E-state index >= 15 is 0 Å². The van der Waals surface area contributed by atoms with E-state index in [9.17, 15) is 9.90 Å². The van der Waals surface area contributed by atoms with Crippen LogP contribution in [0.5, 0.6) is 11.5 Å². The summed E-state index contributed by atoms with van der Waals surface area (Å²) >= 11 is 0. The summed E-state index contributed by atoms with van der Waals surface area (Å²) in [6, 6.07) is 15.1. The molecule has 0 aliphatic carbocycles. The summed E-state index contributed by atoms with van der Waals surface area (Å²) < 4.78 is 10.9. The monoisotopic (exact) mass is 386 g/mol. The van der Waals surface area contributed by atoms with Crippen LogP contribution in [-0.4, -0.2) is 42.9 Å². The van der Waals surface area contributed by atoms with Crippen molar-refractivity contribution in [3.63, 3.8) is 0 Å². The van der Waals surface area contributed by atoms with E-state index in [1.54, 1.807) is 19.2 Å². The summed E-state index contributed by atoms with van der Waals surface area (Å²) in [4.78, 5) is 11.3. The van der Waals surface area contributed by atoms with Crippen LogP contribution < -0.4 is 20.1 Å². The molecule has 1 atom stereocenters. The lowest BCUT2D eigenvalue weighted by molar-refractivity contribution is -0.114. The van der Waals surface area contributed by atoms with E-state index in [1.165, 1.54) is 12.5 Å². The maximum absolute atomic E-state index is 11.3. The summed E-state index contributed by atoms with van der Waals surface area (Å²) in [6.45, 7) is 6.15. The number of para-hydroxylation sites is 2. The van der Waals surface area contributed by atoms with E-state index in [4.69, 9.17) is 9.47 Å². The van der Waals surface area contributed by atoms with Gasteiger partial charge in [-0.05, 0) is 50.1 Å². The van der Waals surface area contributed by atoms with Crippen molar-refractivity contribution < 1.29 is 19.4 Å². The highest BCUT2D eigenvalue weighted by Crippen LogP contribution is 2.23. The summed E-state index contributed by atoms with van der Waals surface area (Å²) in [7, 11) is 1.65. The Morgan fingerprint density at radius 2 is 1.82 bits per heavy atom. The van der Waals surface area contributed by atoms with Gasteiger partial charge < -0.3 is 25.2 Å². The Bertz CT molecular complexity index is 759. The Hall–Kier alpha value is -2.57. The maximum Gasteiger partial charge on any atom is 0.221 e. The third-order valence-electron chi connectivity index (χ3n) is 4.25. The number of nitrogens with one attached hydrogen (secondary N) is 2. The molecule has 0 aliphatic heterocycles. The van der Waals surface area contributed by atoms with E-state index in [0.29, 0.717) is 18.0 Å². The van der Waals surface area contributed by atoms with Crippen molar-refractivity contribution in [2.24, 2.45) is 0 Å². The lowest BCUT2D eigenvalue weighted by Gasteiger charge is -2.28. The Morgan fingerprint density at radius 1 is 1.14 bits per heavy atom. The van der Waals surface area contributed by atoms with Gasteiger partial charge in [-0.1, -0.05) is 24.3 Å². The Morgan fingerprint density at radius 3 is 2.46 bits per heavy atom. The molecule has 1 amide bonds. The molecule has 0 heterocycles. The second-order valence-electron chi connectivity index (χ2n) is 7.43. The molecular weight excluding hydrogens is 356 g/mol. The van der Waals surface area contributed by atoms with Crippen molar-refractivity contribution in [1.29, 1.82) is 0 Å². The van der Waals surface area contributed by atoms with Crippen molar-refractivity contribution in [3.8, 4) is 11.5 Å². The number of ether oxygens (including phenoxy) is 2. The predicted molar refractivity (Wildman–Crippen MR) is 111 cm³/mol. The van der Waals surface area contributed by atoms with Crippen molar-refractivity contribution in [3.05, 3.63) is 54.1 Å². The second kappa shape index (κ2) is 10.1. The molecule has 0 spiro atoms. The van der Waals surface area contributed by atoms with Crippen LogP contribution in [0.1, 0.15) is 26.3 Å². The molecular formula is C22H30N2O4. The molecule has 0 radical (unpaired) electrons. The molecule has 28 heavy (non-hydrogen) atoms. The molecule has 6 nitrogen and oxygen atoms in total. The van der Waals surface area contributed by atoms with Crippen molar-refractivity contribution >= 4 is 11.6 Å². The molecule has 1 unspecified atom stereocenters. The number of amides is 1. The van der Waals surface area contributed by atoms with E-state index in [1.807, 2.05) is 36.4 Å². The first-order valence-corrected chi connectivity index (χ1v) is 9.34. The van der Waals surface area contributed by atoms with Crippen LogP contribution in [0.4, 0.5) is 5.69 Å². The standard InChI is InChI=1S/C22H30N2O4/c1-16(25)24-20-7-5-6-8-21(20)28-15-18(26)14-23-22(2,3)13-17-9-11-19(27-4)12-10-17/h5-12,18,23,26H,13-15H2,1-4H3,(H,24,25). The minimum Gasteiger partial charge on any atom is -0.497 e. The number of hydrogen-bond donors (Lipinski definition) is 3. The first kappa shape index (κ1) is 21.7. The van der Waals surface area contributed by atoms with E-state index in [2.05, 4.69) is 24.5 Å². The lowest BCUT2D eigenvalue weighted by Crippen LogP contribution is -2.46. The fourth-order valence-electron chi connectivity index (χ4n) is 2.84. The Kier molecular flexibility index (Phi) is 7.84. The van der Waals surface area contributed by atoms with Crippen LogP contribution in [0.2, 0.25) is 0 Å². The van der Waals surface area contributed by atoms with E-state index < -0.39 is 6.10 Å². The molecule has 0 aliphatic rings. The predicted octanol–water partition coefficient (Wildman–Crippen LogP) is 3.00. The smallest absolute Gasteiger partial charge is 0.221 e. The minimum atomic E-state index is -0.680. The van der Waals surface area contributed by atoms with Gasteiger partial charge in [-0.15, -0.1) is 0 Å². The summed E-state index contributed by atoms with van der Waals surface area (Å²) in [5.74, 6) is 1.20. The first-order chi connectivity index (χ1) is 13.3. The zero-order valence-corrected chi connectivity index (χ0v) is 17.0. The normalized spacial score (nSPS) is 12.3.